The van der Waals surface area contributed by atoms with Crippen molar-refractivity contribution in [2.45, 2.75) is 45.4 Å². The summed E-state index contributed by atoms with van der Waals surface area (Å²) in [5.74, 6) is 2.93. The first-order chi connectivity index (χ1) is 21.3. The molecule has 9 rings (SSSR count). The van der Waals surface area contributed by atoms with Crippen LogP contribution in [0.3, 0.4) is 0 Å². The van der Waals surface area contributed by atoms with Crippen molar-refractivity contribution >= 4 is 40.3 Å². The summed E-state index contributed by atoms with van der Waals surface area (Å²) in [5.41, 5.74) is 7.59. The van der Waals surface area contributed by atoms with E-state index in [1.165, 1.54) is 29.4 Å². The Morgan fingerprint density at radius 3 is 1.93 bits per heavy atom. The zero-order valence-electron chi connectivity index (χ0n) is 25.0. The molecule has 3 atom stereocenters. The number of phosphoric acid groups is 1. The number of phosphoric ester groups is 1. The molecular weight excluding hydrogens is 565 g/mol. The molecule has 1 aromatic heterocycles. The van der Waals surface area contributed by atoms with Gasteiger partial charge in [0.2, 0.25) is 0 Å². The summed E-state index contributed by atoms with van der Waals surface area (Å²) in [6.07, 6.45) is 7.42. The molecule has 0 spiro atoms. The summed E-state index contributed by atoms with van der Waals surface area (Å²) in [6.45, 7) is 6.09. The highest BCUT2D eigenvalue weighted by Crippen LogP contribution is 2.58. The Hall–Kier alpha value is -4.31. The van der Waals surface area contributed by atoms with Crippen LogP contribution in [0.4, 0.5) is 0 Å². The van der Waals surface area contributed by atoms with E-state index >= 15 is 0 Å². The van der Waals surface area contributed by atoms with E-state index in [2.05, 4.69) is 48.3 Å². The zero-order valence-corrected chi connectivity index (χ0v) is 25.9. The Balaban J connectivity index is 0.000000145. The number of aromatic nitrogens is 1. The van der Waals surface area contributed by atoms with Crippen LogP contribution in [0.2, 0.25) is 0 Å². The van der Waals surface area contributed by atoms with Crippen molar-refractivity contribution in [1.82, 2.24) is 4.98 Å². The predicted molar refractivity (Wildman–Crippen MR) is 179 cm³/mol. The molecule has 2 bridgehead atoms. The first kappa shape index (κ1) is 27.3. The normalized spacial score (nSPS) is 20.6. The lowest BCUT2D eigenvalue weighted by Gasteiger charge is -2.29. The van der Waals surface area contributed by atoms with Gasteiger partial charge in [-0.25, -0.2) is 4.57 Å². The number of aryl methyl sites for hydroxylation is 2. The number of aromatic amines is 1. The standard InChI is InChI=1S/C22H17O4P.C16H17N/c1-13-11-15-7-3-5-9-17(15)19-20-18-10-6-4-8-16(18)12-14(2)22(20)26-27(23,24)25-21(13)19;1-2-12-10-7-8-11(9-10)16-15(12)13-5-3-4-6-14(13)17-16/h3-12H,1-2H3,(H,23,24);3-8,10-12,17H,2,9H2,1H3/t;10-,11+,12?/m.1/s1. The Kier molecular flexibility index (Phi) is 6.27. The third-order valence-corrected chi connectivity index (χ3v) is 10.5. The van der Waals surface area contributed by atoms with E-state index < -0.39 is 7.82 Å². The molecule has 2 heterocycles. The molecule has 6 aromatic rings. The van der Waals surface area contributed by atoms with Crippen LogP contribution in [0.5, 0.6) is 11.5 Å². The van der Waals surface area contributed by atoms with Gasteiger partial charge in [-0.2, -0.15) is 0 Å². The van der Waals surface area contributed by atoms with Crippen molar-refractivity contribution in [1.29, 1.82) is 0 Å². The van der Waals surface area contributed by atoms with Crippen molar-refractivity contribution in [3.8, 4) is 22.6 Å². The Bertz CT molecular complexity index is 2100. The van der Waals surface area contributed by atoms with Crippen molar-refractivity contribution in [3.05, 3.63) is 119 Å². The molecule has 220 valence electrons. The quantitative estimate of drug-likeness (QED) is 0.146. The number of nitrogens with one attached hydrogen (secondary N) is 1. The fraction of sp³-hybridized carbons (Fsp3) is 0.211. The zero-order chi connectivity index (χ0) is 30.2. The third kappa shape index (κ3) is 4.22. The van der Waals surface area contributed by atoms with Crippen LogP contribution in [0.15, 0.2) is 97.1 Å². The van der Waals surface area contributed by atoms with Gasteiger partial charge < -0.3 is 14.0 Å². The van der Waals surface area contributed by atoms with Gasteiger partial charge in [0.1, 0.15) is 11.5 Å². The van der Waals surface area contributed by atoms with Gasteiger partial charge in [0.15, 0.2) is 0 Å². The SMILES string of the molecule is CCC1c2c([nH]c3ccccc23)[C@H]2C=C[C@@H]1C2.Cc1cc2ccccc2c2c1OP(=O)(O)Oc1c(C)cc3ccccc3c1-2. The van der Waals surface area contributed by atoms with Gasteiger partial charge in [-0.1, -0.05) is 85.8 Å². The number of hydrogen-bond acceptors (Lipinski definition) is 3. The lowest BCUT2D eigenvalue weighted by molar-refractivity contribution is 0.293. The average Bonchev–Trinajstić information content (AvgIpc) is 3.59. The van der Waals surface area contributed by atoms with Crippen LogP contribution >= 0.6 is 7.82 Å². The van der Waals surface area contributed by atoms with Gasteiger partial charge in [-0.3, -0.25) is 4.89 Å². The largest absolute Gasteiger partial charge is 0.584 e. The van der Waals surface area contributed by atoms with Crippen LogP contribution in [0.1, 0.15) is 54.0 Å². The Morgan fingerprint density at radius 2 is 1.34 bits per heavy atom. The molecule has 0 saturated heterocycles. The lowest BCUT2D eigenvalue weighted by Crippen LogP contribution is -2.16. The summed E-state index contributed by atoms with van der Waals surface area (Å²) in [6, 6.07) is 28.7. The topological polar surface area (TPSA) is 71.6 Å². The van der Waals surface area contributed by atoms with E-state index in [9.17, 15) is 9.46 Å². The van der Waals surface area contributed by atoms with Crippen molar-refractivity contribution in [3.63, 3.8) is 0 Å². The minimum absolute atomic E-state index is 0.397. The van der Waals surface area contributed by atoms with Gasteiger partial charge in [-0.05, 0) is 95.0 Å². The first-order valence-corrected chi connectivity index (χ1v) is 16.9. The molecule has 2 N–H and O–H groups in total. The summed E-state index contributed by atoms with van der Waals surface area (Å²) in [5, 5.41) is 5.46. The number of para-hydroxylation sites is 1. The second-order valence-corrected chi connectivity index (χ2v) is 13.6. The molecule has 2 aliphatic carbocycles. The number of allylic oxidation sites excluding steroid dienone is 2. The Labute approximate surface area is 256 Å². The van der Waals surface area contributed by atoms with E-state index in [0.717, 1.165) is 55.6 Å². The number of benzene rings is 5. The second-order valence-electron chi connectivity index (χ2n) is 12.3. The molecule has 0 amide bonds. The van der Waals surface area contributed by atoms with E-state index in [1.54, 1.807) is 5.56 Å². The first-order valence-electron chi connectivity index (χ1n) is 15.4. The maximum atomic E-state index is 12.7. The maximum absolute atomic E-state index is 12.7. The van der Waals surface area contributed by atoms with Crippen molar-refractivity contribution in [2.24, 2.45) is 5.92 Å². The van der Waals surface area contributed by atoms with Gasteiger partial charge in [-0.15, -0.1) is 0 Å². The molecular formula is C38H34NO4P. The highest BCUT2D eigenvalue weighted by atomic mass is 31.2. The molecule has 1 aliphatic heterocycles. The van der Waals surface area contributed by atoms with E-state index in [4.69, 9.17) is 9.05 Å². The van der Waals surface area contributed by atoms with Gasteiger partial charge >= 0.3 is 7.82 Å². The van der Waals surface area contributed by atoms with Crippen molar-refractivity contribution < 1.29 is 18.5 Å². The summed E-state index contributed by atoms with van der Waals surface area (Å²) < 4.78 is 23.8. The Morgan fingerprint density at radius 1 is 0.795 bits per heavy atom. The predicted octanol–water partition coefficient (Wildman–Crippen LogP) is 10.5. The van der Waals surface area contributed by atoms with Gasteiger partial charge in [0.25, 0.3) is 0 Å². The summed E-state index contributed by atoms with van der Waals surface area (Å²) >= 11 is 0. The molecule has 5 aromatic carbocycles. The molecule has 5 nitrogen and oxygen atoms in total. The minimum Gasteiger partial charge on any atom is -0.394 e. The minimum atomic E-state index is -4.30. The average molecular weight is 600 g/mol. The second kappa shape index (κ2) is 10.1. The third-order valence-electron chi connectivity index (χ3n) is 9.63. The fourth-order valence-corrected chi connectivity index (χ4v) is 8.72. The maximum Gasteiger partial charge on any atom is 0.584 e. The summed E-state index contributed by atoms with van der Waals surface area (Å²) in [7, 11) is -4.30. The van der Waals surface area contributed by atoms with Crippen LogP contribution in [0, 0.1) is 19.8 Å². The van der Waals surface area contributed by atoms with Crippen LogP contribution in [-0.2, 0) is 4.57 Å². The number of hydrogen-bond donors (Lipinski definition) is 2. The summed E-state index contributed by atoms with van der Waals surface area (Å²) in [4.78, 5) is 14.0. The van der Waals surface area contributed by atoms with E-state index in [-0.39, 0.29) is 0 Å². The highest BCUT2D eigenvalue weighted by Gasteiger charge is 2.38. The molecule has 1 unspecified atom stereocenters. The fourth-order valence-electron chi connectivity index (χ4n) is 7.76. The van der Waals surface area contributed by atoms with E-state index in [1.807, 2.05) is 74.5 Å². The van der Waals surface area contributed by atoms with Crippen LogP contribution < -0.4 is 9.05 Å². The molecule has 0 saturated carbocycles. The molecule has 6 heteroatoms. The molecule has 0 radical (unpaired) electrons. The molecule has 44 heavy (non-hydrogen) atoms. The number of rotatable bonds is 1. The van der Waals surface area contributed by atoms with Crippen molar-refractivity contribution in [2.75, 3.05) is 0 Å². The molecule has 3 aliphatic rings. The monoisotopic (exact) mass is 599 g/mol. The van der Waals surface area contributed by atoms with Crippen LogP contribution in [0.25, 0.3) is 43.6 Å². The highest BCUT2D eigenvalue weighted by molar-refractivity contribution is 7.48. The number of H-pyrrole nitrogens is 1. The van der Waals surface area contributed by atoms with Crippen LogP contribution in [-0.4, -0.2) is 9.88 Å². The molecule has 0 fully saturated rings. The van der Waals surface area contributed by atoms with Gasteiger partial charge in [0.05, 0.1) is 0 Å². The number of fused-ring (bicyclic) bond motifs is 13. The lowest BCUT2D eigenvalue weighted by atomic mass is 9.75. The smallest absolute Gasteiger partial charge is 0.394 e. The van der Waals surface area contributed by atoms with Gasteiger partial charge in [0, 0.05) is 33.6 Å². The van der Waals surface area contributed by atoms with E-state index in [0.29, 0.717) is 17.4 Å².